The number of hydrogen-bond donors (Lipinski definition) is 0. The van der Waals surface area contributed by atoms with E-state index in [-0.39, 0.29) is 0 Å². The lowest BCUT2D eigenvalue weighted by Crippen LogP contribution is -1.87. The van der Waals surface area contributed by atoms with Crippen molar-refractivity contribution in [3.63, 3.8) is 0 Å². The lowest BCUT2D eigenvalue weighted by atomic mass is 10.1. The minimum Gasteiger partial charge on any atom is -0.453 e. The van der Waals surface area contributed by atoms with Crippen LogP contribution in [0.1, 0.15) is 10.6 Å². The standard InChI is InChI=1S/C17H11NO2/c19-11-13-7-9-17(20-13)15-4-1-5-16-14(15)8-6-12-3-2-10-18(12)16/h1-11H. The van der Waals surface area contributed by atoms with Gasteiger partial charge in [0, 0.05) is 22.7 Å². The average molecular weight is 261 g/mol. The number of aldehydes is 1. The molecule has 4 aromatic rings. The molecule has 20 heavy (non-hydrogen) atoms. The Morgan fingerprint density at radius 1 is 0.950 bits per heavy atom. The zero-order chi connectivity index (χ0) is 13.5. The van der Waals surface area contributed by atoms with Gasteiger partial charge in [0.05, 0.1) is 5.52 Å². The summed E-state index contributed by atoms with van der Waals surface area (Å²) in [7, 11) is 0. The van der Waals surface area contributed by atoms with E-state index in [2.05, 4.69) is 28.7 Å². The number of benzene rings is 1. The third kappa shape index (κ3) is 1.50. The smallest absolute Gasteiger partial charge is 0.185 e. The van der Waals surface area contributed by atoms with Gasteiger partial charge >= 0.3 is 0 Å². The first-order valence-corrected chi connectivity index (χ1v) is 6.41. The van der Waals surface area contributed by atoms with Crippen molar-refractivity contribution in [3.8, 4) is 11.3 Å². The highest BCUT2D eigenvalue weighted by Crippen LogP contribution is 2.30. The molecule has 0 aliphatic carbocycles. The van der Waals surface area contributed by atoms with Crippen molar-refractivity contribution < 1.29 is 9.21 Å². The summed E-state index contributed by atoms with van der Waals surface area (Å²) < 4.78 is 7.68. The summed E-state index contributed by atoms with van der Waals surface area (Å²) in [6.45, 7) is 0. The first-order chi connectivity index (χ1) is 9.86. The molecule has 3 aromatic heterocycles. The Balaban J connectivity index is 2.06. The van der Waals surface area contributed by atoms with E-state index < -0.39 is 0 Å². The topological polar surface area (TPSA) is 34.6 Å². The predicted molar refractivity (Wildman–Crippen MR) is 78.0 cm³/mol. The van der Waals surface area contributed by atoms with Crippen LogP contribution in [0.3, 0.4) is 0 Å². The first-order valence-electron chi connectivity index (χ1n) is 6.41. The molecule has 0 atom stereocenters. The molecule has 0 unspecified atom stereocenters. The van der Waals surface area contributed by atoms with E-state index >= 15 is 0 Å². The molecule has 0 spiro atoms. The summed E-state index contributed by atoms with van der Waals surface area (Å²) in [5.74, 6) is 1.06. The van der Waals surface area contributed by atoms with Gasteiger partial charge < -0.3 is 8.82 Å². The summed E-state index contributed by atoms with van der Waals surface area (Å²) in [6.07, 6.45) is 2.76. The van der Waals surface area contributed by atoms with Gasteiger partial charge in [0.25, 0.3) is 0 Å². The highest BCUT2D eigenvalue weighted by atomic mass is 16.3. The second-order valence-electron chi connectivity index (χ2n) is 4.69. The number of hydrogen-bond acceptors (Lipinski definition) is 2. The summed E-state index contributed by atoms with van der Waals surface area (Å²) in [4.78, 5) is 10.8. The van der Waals surface area contributed by atoms with Crippen LogP contribution in [0.25, 0.3) is 27.7 Å². The molecular formula is C17H11NO2. The van der Waals surface area contributed by atoms with Crippen LogP contribution in [0.5, 0.6) is 0 Å². The van der Waals surface area contributed by atoms with Gasteiger partial charge in [0.1, 0.15) is 5.76 Å². The Morgan fingerprint density at radius 2 is 1.90 bits per heavy atom. The third-order valence-electron chi connectivity index (χ3n) is 3.55. The Labute approximate surface area is 115 Å². The predicted octanol–water partition coefficient (Wildman–Crippen LogP) is 4.17. The summed E-state index contributed by atoms with van der Waals surface area (Å²) in [5.41, 5.74) is 3.27. The van der Waals surface area contributed by atoms with Gasteiger partial charge in [0.15, 0.2) is 12.0 Å². The number of carbonyl (C=O) groups is 1. The van der Waals surface area contributed by atoms with E-state index in [1.54, 1.807) is 6.07 Å². The largest absolute Gasteiger partial charge is 0.453 e. The van der Waals surface area contributed by atoms with Crippen molar-refractivity contribution in [1.29, 1.82) is 0 Å². The molecule has 3 nitrogen and oxygen atoms in total. The highest BCUT2D eigenvalue weighted by molar-refractivity contribution is 5.95. The molecule has 4 rings (SSSR count). The number of carbonyl (C=O) groups excluding carboxylic acids is 1. The van der Waals surface area contributed by atoms with Crippen LogP contribution in [0.2, 0.25) is 0 Å². The van der Waals surface area contributed by atoms with Crippen LogP contribution in [0, 0.1) is 0 Å². The van der Waals surface area contributed by atoms with Crippen molar-refractivity contribution in [1.82, 2.24) is 4.40 Å². The van der Waals surface area contributed by atoms with E-state index in [4.69, 9.17) is 4.42 Å². The number of furan rings is 1. The maximum Gasteiger partial charge on any atom is 0.185 e. The summed E-state index contributed by atoms with van der Waals surface area (Å²) >= 11 is 0. The van der Waals surface area contributed by atoms with Gasteiger partial charge in [-0.25, -0.2) is 0 Å². The molecular weight excluding hydrogens is 250 g/mol. The van der Waals surface area contributed by atoms with Crippen LogP contribution >= 0.6 is 0 Å². The average Bonchev–Trinajstić information content (AvgIpc) is 3.15. The van der Waals surface area contributed by atoms with Gasteiger partial charge in [-0.2, -0.15) is 0 Å². The van der Waals surface area contributed by atoms with E-state index in [9.17, 15) is 4.79 Å². The molecule has 0 radical (unpaired) electrons. The maximum atomic E-state index is 10.8. The van der Waals surface area contributed by atoms with E-state index in [1.165, 1.54) is 0 Å². The Hall–Kier alpha value is -2.81. The third-order valence-corrected chi connectivity index (χ3v) is 3.55. The van der Waals surface area contributed by atoms with E-state index in [1.807, 2.05) is 30.5 Å². The number of pyridine rings is 1. The van der Waals surface area contributed by atoms with E-state index in [0.717, 1.165) is 28.3 Å². The molecule has 0 aliphatic rings. The molecule has 3 heterocycles. The lowest BCUT2D eigenvalue weighted by molar-refractivity contribution is 0.110. The number of rotatable bonds is 2. The fraction of sp³-hybridized carbons (Fsp3) is 0. The zero-order valence-electron chi connectivity index (χ0n) is 10.6. The molecule has 0 bridgehead atoms. The fourth-order valence-electron chi connectivity index (χ4n) is 2.63. The van der Waals surface area contributed by atoms with Crippen molar-refractivity contribution in [3.05, 3.63) is 66.6 Å². The molecule has 0 saturated carbocycles. The Morgan fingerprint density at radius 3 is 2.75 bits per heavy atom. The van der Waals surface area contributed by atoms with Gasteiger partial charge in [-0.1, -0.05) is 18.2 Å². The highest BCUT2D eigenvalue weighted by Gasteiger charge is 2.09. The fourth-order valence-corrected chi connectivity index (χ4v) is 2.63. The van der Waals surface area contributed by atoms with Crippen molar-refractivity contribution in [2.24, 2.45) is 0 Å². The maximum absolute atomic E-state index is 10.8. The van der Waals surface area contributed by atoms with Crippen LogP contribution in [0.4, 0.5) is 0 Å². The molecule has 96 valence electrons. The molecule has 0 N–H and O–H groups in total. The number of fused-ring (bicyclic) bond motifs is 3. The van der Waals surface area contributed by atoms with Crippen LogP contribution in [0.15, 0.2) is 65.2 Å². The number of nitrogens with zero attached hydrogens (tertiary/aromatic N) is 1. The molecule has 0 amide bonds. The quantitative estimate of drug-likeness (QED) is 0.508. The minimum atomic E-state index is 0.346. The molecule has 0 saturated heterocycles. The van der Waals surface area contributed by atoms with Crippen LogP contribution in [-0.4, -0.2) is 10.7 Å². The molecule has 1 aromatic carbocycles. The second kappa shape index (κ2) is 4.10. The normalized spacial score (nSPS) is 11.2. The lowest BCUT2D eigenvalue weighted by Gasteiger charge is -2.07. The zero-order valence-corrected chi connectivity index (χ0v) is 10.6. The SMILES string of the molecule is O=Cc1ccc(-c2cccc3c2ccc2cccn23)o1. The van der Waals surface area contributed by atoms with E-state index in [0.29, 0.717) is 11.5 Å². The first kappa shape index (κ1) is 11.1. The monoisotopic (exact) mass is 261 g/mol. The van der Waals surface area contributed by atoms with Gasteiger partial charge in [-0.15, -0.1) is 0 Å². The Kier molecular flexibility index (Phi) is 2.27. The van der Waals surface area contributed by atoms with Crippen LogP contribution in [-0.2, 0) is 0 Å². The molecule has 0 aliphatic heterocycles. The van der Waals surface area contributed by atoms with Crippen molar-refractivity contribution >= 4 is 22.7 Å². The Bertz CT molecular complexity index is 930. The molecule has 3 heteroatoms. The number of aromatic nitrogens is 1. The second-order valence-corrected chi connectivity index (χ2v) is 4.69. The summed E-state index contributed by atoms with van der Waals surface area (Å²) in [6, 6.07) is 17.9. The van der Waals surface area contributed by atoms with Crippen molar-refractivity contribution in [2.75, 3.05) is 0 Å². The van der Waals surface area contributed by atoms with Gasteiger partial charge in [-0.05, 0) is 36.4 Å². The van der Waals surface area contributed by atoms with Crippen molar-refractivity contribution in [2.45, 2.75) is 0 Å². The van der Waals surface area contributed by atoms with Crippen LogP contribution < -0.4 is 0 Å². The van der Waals surface area contributed by atoms with Gasteiger partial charge in [-0.3, -0.25) is 4.79 Å². The minimum absolute atomic E-state index is 0.346. The molecule has 0 fully saturated rings. The van der Waals surface area contributed by atoms with Gasteiger partial charge in [0.2, 0.25) is 0 Å². The summed E-state index contributed by atoms with van der Waals surface area (Å²) in [5, 5.41) is 1.10.